The summed E-state index contributed by atoms with van der Waals surface area (Å²) in [6.07, 6.45) is 0. The number of hydrogen-bond donors (Lipinski definition) is 1. The maximum atomic E-state index is 13.1. The lowest BCUT2D eigenvalue weighted by atomic mass is 10.4. The van der Waals surface area contributed by atoms with Crippen LogP contribution >= 0.6 is 43.2 Å². The average Bonchev–Trinajstić information content (AvgIpc) is 2.55. The fourth-order valence-corrected chi connectivity index (χ4v) is 3.13. The van der Waals surface area contributed by atoms with E-state index in [1.807, 2.05) is 6.07 Å². The predicted octanol–water partition coefficient (Wildman–Crippen LogP) is 3.47. The SMILES string of the molecule is Cc1nc(-c2cc(Br)c(Br)s2)[nH]c(=O)c1F. The number of aromatic nitrogens is 2. The third-order valence-electron chi connectivity index (χ3n) is 1.91. The molecular formula is C9H5Br2FN2OS. The molecule has 2 aromatic rings. The van der Waals surface area contributed by atoms with Crippen LogP contribution in [0.25, 0.3) is 10.7 Å². The van der Waals surface area contributed by atoms with E-state index in [0.717, 1.165) is 13.1 Å². The van der Waals surface area contributed by atoms with Crippen LogP contribution in [0, 0.1) is 12.7 Å². The molecule has 7 heteroatoms. The first-order chi connectivity index (χ1) is 7.49. The summed E-state index contributed by atoms with van der Waals surface area (Å²) in [5.41, 5.74) is -0.650. The Labute approximate surface area is 111 Å². The number of thiophene rings is 1. The molecule has 0 saturated carbocycles. The van der Waals surface area contributed by atoms with Gasteiger partial charge >= 0.3 is 0 Å². The molecule has 2 rings (SSSR count). The topological polar surface area (TPSA) is 45.8 Å². The fraction of sp³-hybridized carbons (Fsp3) is 0.111. The smallest absolute Gasteiger partial charge is 0.287 e. The zero-order valence-corrected chi connectivity index (χ0v) is 12.0. The first kappa shape index (κ1) is 11.9. The lowest BCUT2D eigenvalue weighted by molar-refractivity contribution is 0.589. The highest BCUT2D eigenvalue weighted by Crippen LogP contribution is 2.36. The quantitative estimate of drug-likeness (QED) is 0.838. The molecule has 84 valence electrons. The number of H-pyrrole nitrogens is 1. The van der Waals surface area contributed by atoms with Crippen molar-refractivity contribution in [3.8, 4) is 10.7 Å². The molecule has 16 heavy (non-hydrogen) atoms. The van der Waals surface area contributed by atoms with E-state index in [2.05, 4.69) is 41.8 Å². The summed E-state index contributed by atoms with van der Waals surface area (Å²) in [6, 6.07) is 1.81. The predicted molar refractivity (Wildman–Crippen MR) is 68.3 cm³/mol. The minimum absolute atomic E-state index is 0.0967. The molecule has 0 aliphatic carbocycles. The number of nitrogens with one attached hydrogen (secondary N) is 1. The summed E-state index contributed by atoms with van der Waals surface area (Å²) < 4.78 is 14.9. The van der Waals surface area contributed by atoms with Gasteiger partial charge in [-0.1, -0.05) is 0 Å². The van der Waals surface area contributed by atoms with Crippen molar-refractivity contribution in [2.24, 2.45) is 0 Å². The molecule has 0 aromatic carbocycles. The van der Waals surface area contributed by atoms with E-state index in [9.17, 15) is 9.18 Å². The lowest BCUT2D eigenvalue weighted by Crippen LogP contribution is -2.15. The third-order valence-corrected chi connectivity index (χ3v) is 5.17. The van der Waals surface area contributed by atoms with E-state index in [4.69, 9.17) is 0 Å². The molecule has 3 nitrogen and oxygen atoms in total. The number of rotatable bonds is 1. The summed E-state index contributed by atoms with van der Waals surface area (Å²) in [7, 11) is 0. The van der Waals surface area contributed by atoms with Crippen molar-refractivity contribution in [3.63, 3.8) is 0 Å². The summed E-state index contributed by atoms with van der Waals surface area (Å²) in [5, 5.41) is 0. The molecule has 2 heterocycles. The second-order valence-corrected chi connectivity index (χ2v) is 6.27. The largest absolute Gasteiger partial charge is 0.303 e. The van der Waals surface area contributed by atoms with Gasteiger partial charge in [0.25, 0.3) is 5.56 Å². The Hall–Kier alpha value is -0.530. The normalized spacial score (nSPS) is 10.8. The molecule has 0 atom stereocenters. The summed E-state index contributed by atoms with van der Waals surface area (Å²) in [6.45, 7) is 1.46. The van der Waals surface area contributed by atoms with Crippen LogP contribution in [-0.4, -0.2) is 9.97 Å². The van der Waals surface area contributed by atoms with Crippen molar-refractivity contribution < 1.29 is 4.39 Å². The summed E-state index contributed by atoms with van der Waals surface area (Å²) in [5.74, 6) is -0.460. The van der Waals surface area contributed by atoms with Gasteiger partial charge < -0.3 is 4.98 Å². The highest BCUT2D eigenvalue weighted by Gasteiger charge is 2.12. The molecule has 0 unspecified atom stereocenters. The van der Waals surface area contributed by atoms with Crippen molar-refractivity contribution >= 4 is 43.2 Å². The number of nitrogens with zero attached hydrogens (tertiary/aromatic N) is 1. The molecule has 2 aromatic heterocycles. The Kier molecular flexibility index (Phi) is 3.27. The highest BCUT2D eigenvalue weighted by molar-refractivity contribution is 9.13. The van der Waals surface area contributed by atoms with Crippen molar-refractivity contribution in [2.45, 2.75) is 6.92 Å². The second kappa shape index (κ2) is 4.38. The van der Waals surface area contributed by atoms with E-state index in [-0.39, 0.29) is 5.69 Å². The molecule has 0 amide bonds. The molecule has 0 aliphatic heterocycles. The van der Waals surface area contributed by atoms with E-state index >= 15 is 0 Å². The zero-order chi connectivity index (χ0) is 11.9. The van der Waals surface area contributed by atoms with Gasteiger partial charge in [-0.15, -0.1) is 11.3 Å². The van der Waals surface area contributed by atoms with Crippen LogP contribution in [0.5, 0.6) is 0 Å². The minimum Gasteiger partial charge on any atom is -0.303 e. The van der Waals surface area contributed by atoms with Crippen molar-refractivity contribution in [3.05, 3.63) is 36.2 Å². The van der Waals surface area contributed by atoms with Crippen LogP contribution in [0.4, 0.5) is 4.39 Å². The van der Waals surface area contributed by atoms with Gasteiger partial charge in [-0.25, -0.2) is 4.98 Å². The van der Waals surface area contributed by atoms with E-state index in [1.54, 1.807) is 0 Å². The maximum Gasteiger partial charge on any atom is 0.287 e. The van der Waals surface area contributed by atoms with Gasteiger partial charge in [-0.2, -0.15) is 4.39 Å². The molecule has 0 radical (unpaired) electrons. The Balaban J connectivity index is 2.61. The Morgan fingerprint density at radius 3 is 2.69 bits per heavy atom. The number of aryl methyl sites for hydroxylation is 1. The number of halogens is 3. The van der Waals surface area contributed by atoms with Gasteiger partial charge in [0.1, 0.15) is 0 Å². The van der Waals surface area contributed by atoms with Crippen LogP contribution in [0.15, 0.2) is 19.1 Å². The number of hydrogen-bond acceptors (Lipinski definition) is 3. The van der Waals surface area contributed by atoms with Crippen LogP contribution in [0.3, 0.4) is 0 Å². The summed E-state index contributed by atoms with van der Waals surface area (Å²) >= 11 is 8.08. The Morgan fingerprint density at radius 2 is 2.19 bits per heavy atom. The van der Waals surface area contributed by atoms with E-state index in [1.165, 1.54) is 18.3 Å². The summed E-state index contributed by atoms with van der Waals surface area (Å²) in [4.78, 5) is 18.4. The zero-order valence-electron chi connectivity index (χ0n) is 7.97. The first-order valence-electron chi connectivity index (χ1n) is 4.20. The van der Waals surface area contributed by atoms with Crippen LogP contribution in [0.2, 0.25) is 0 Å². The third kappa shape index (κ3) is 2.11. The van der Waals surface area contributed by atoms with E-state index in [0.29, 0.717) is 5.82 Å². The van der Waals surface area contributed by atoms with Gasteiger partial charge in [-0.05, 0) is 44.8 Å². The Bertz CT molecular complexity index is 589. The molecule has 0 aliphatic rings. The highest BCUT2D eigenvalue weighted by atomic mass is 79.9. The molecule has 1 N–H and O–H groups in total. The van der Waals surface area contributed by atoms with Gasteiger partial charge in [-0.3, -0.25) is 4.79 Å². The van der Waals surface area contributed by atoms with Gasteiger partial charge in [0.05, 0.1) is 14.4 Å². The molecule has 0 fully saturated rings. The van der Waals surface area contributed by atoms with Crippen LogP contribution in [0.1, 0.15) is 5.69 Å². The molecule has 0 bridgehead atoms. The number of aromatic amines is 1. The van der Waals surface area contributed by atoms with Crippen molar-refractivity contribution in [1.29, 1.82) is 0 Å². The molecular weight excluding hydrogens is 363 g/mol. The van der Waals surface area contributed by atoms with E-state index < -0.39 is 11.4 Å². The molecule has 0 spiro atoms. The monoisotopic (exact) mass is 366 g/mol. The van der Waals surface area contributed by atoms with Gasteiger partial charge in [0.15, 0.2) is 5.82 Å². The molecule has 0 saturated heterocycles. The average molecular weight is 368 g/mol. The van der Waals surface area contributed by atoms with Crippen molar-refractivity contribution in [2.75, 3.05) is 0 Å². The Morgan fingerprint density at radius 1 is 1.50 bits per heavy atom. The minimum atomic E-state index is -0.835. The van der Waals surface area contributed by atoms with Crippen LogP contribution in [-0.2, 0) is 0 Å². The maximum absolute atomic E-state index is 13.1. The fourth-order valence-electron chi connectivity index (χ4n) is 1.15. The second-order valence-electron chi connectivity index (χ2n) is 3.05. The first-order valence-corrected chi connectivity index (χ1v) is 6.61. The van der Waals surface area contributed by atoms with Gasteiger partial charge in [0, 0.05) is 4.47 Å². The standard InChI is InChI=1S/C9H5Br2FN2OS/c1-3-6(12)9(15)14-8(13-3)5-2-4(10)7(11)16-5/h2H,1H3,(H,13,14,15). The van der Waals surface area contributed by atoms with Crippen molar-refractivity contribution in [1.82, 2.24) is 9.97 Å². The van der Waals surface area contributed by atoms with Crippen LogP contribution < -0.4 is 5.56 Å². The van der Waals surface area contributed by atoms with Gasteiger partial charge in [0.2, 0.25) is 5.82 Å². The lowest BCUT2D eigenvalue weighted by Gasteiger charge is -1.99.